The van der Waals surface area contributed by atoms with Gasteiger partial charge in [0.2, 0.25) is 5.28 Å². The van der Waals surface area contributed by atoms with Gasteiger partial charge in [-0.2, -0.15) is 0 Å². The van der Waals surface area contributed by atoms with Crippen molar-refractivity contribution in [3.8, 4) is 11.3 Å². The number of rotatable bonds is 4. The van der Waals surface area contributed by atoms with Crippen LogP contribution in [-0.2, 0) is 12.8 Å². The first-order valence-electron chi connectivity index (χ1n) is 6.60. The van der Waals surface area contributed by atoms with Crippen LogP contribution in [-0.4, -0.2) is 15.0 Å². The van der Waals surface area contributed by atoms with Gasteiger partial charge in [0.15, 0.2) is 5.13 Å². The number of hydrogen-bond donors (Lipinski definition) is 1. The molecule has 0 aliphatic rings. The molecule has 4 nitrogen and oxygen atoms in total. The zero-order valence-electron chi connectivity index (χ0n) is 11.5. The van der Waals surface area contributed by atoms with E-state index in [9.17, 15) is 0 Å². The maximum Gasteiger partial charge on any atom is 0.222 e. The third-order valence-electron chi connectivity index (χ3n) is 3.10. The van der Waals surface area contributed by atoms with Crippen molar-refractivity contribution in [3.63, 3.8) is 0 Å². The average Bonchev–Trinajstić information content (AvgIpc) is 2.86. The fourth-order valence-electron chi connectivity index (χ4n) is 2.15. The Labute approximate surface area is 142 Å². The van der Waals surface area contributed by atoms with E-state index < -0.39 is 0 Å². The summed E-state index contributed by atoms with van der Waals surface area (Å²) in [5.74, 6) is 0. The predicted molar refractivity (Wildman–Crippen MR) is 91.4 cm³/mol. The molecular formula is C15H12Cl2N4S. The smallest absolute Gasteiger partial charge is 0.222 e. The lowest BCUT2D eigenvalue weighted by Crippen LogP contribution is -1.95. The minimum atomic E-state index is 0.261. The van der Waals surface area contributed by atoms with E-state index in [1.807, 2.05) is 30.3 Å². The first-order chi connectivity index (χ1) is 10.6. The van der Waals surface area contributed by atoms with Crippen LogP contribution < -0.4 is 5.73 Å². The third-order valence-corrected chi connectivity index (χ3v) is 4.47. The van der Waals surface area contributed by atoms with Gasteiger partial charge in [0, 0.05) is 27.4 Å². The molecule has 7 heteroatoms. The summed E-state index contributed by atoms with van der Waals surface area (Å²) >= 11 is 13.4. The number of aromatic nitrogens is 3. The molecule has 3 rings (SSSR count). The standard InChI is InChI=1S/C15H12Cl2N4S/c16-10-3-1-2-9(8-10)13-12(22-15(18)21-13)5-4-11-6-7-19-14(17)20-11/h1-3,6-8H,4-5H2,(H2,18,21). The van der Waals surface area contributed by atoms with E-state index in [1.54, 1.807) is 6.20 Å². The topological polar surface area (TPSA) is 64.7 Å². The number of halogens is 2. The van der Waals surface area contributed by atoms with E-state index in [2.05, 4.69) is 15.0 Å². The number of nitrogens with zero attached hydrogens (tertiary/aromatic N) is 3. The lowest BCUT2D eigenvalue weighted by molar-refractivity contribution is 0.912. The van der Waals surface area contributed by atoms with Gasteiger partial charge in [0.25, 0.3) is 0 Å². The fourth-order valence-corrected chi connectivity index (χ4v) is 3.36. The van der Waals surface area contributed by atoms with Gasteiger partial charge in [-0.1, -0.05) is 23.7 Å². The van der Waals surface area contributed by atoms with Crippen LogP contribution in [0.3, 0.4) is 0 Å². The van der Waals surface area contributed by atoms with Crippen LogP contribution in [0, 0.1) is 0 Å². The van der Waals surface area contributed by atoms with Crippen molar-refractivity contribution in [1.82, 2.24) is 15.0 Å². The van der Waals surface area contributed by atoms with Gasteiger partial charge in [0.1, 0.15) is 0 Å². The summed E-state index contributed by atoms with van der Waals surface area (Å²) in [5, 5.41) is 1.49. The second-order valence-electron chi connectivity index (χ2n) is 4.65. The highest BCUT2D eigenvalue weighted by molar-refractivity contribution is 7.15. The van der Waals surface area contributed by atoms with Crippen molar-refractivity contribution >= 4 is 39.7 Å². The first kappa shape index (κ1) is 15.2. The molecule has 0 saturated carbocycles. The van der Waals surface area contributed by atoms with E-state index in [0.717, 1.165) is 34.7 Å². The maximum atomic E-state index is 6.06. The highest BCUT2D eigenvalue weighted by Crippen LogP contribution is 2.31. The van der Waals surface area contributed by atoms with E-state index in [4.69, 9.17) is 28.9 Å². The Bertz CT molecular complexity index is 804. The summed E-state index contributed by atoms with van der Waals surface area (Å²) in [5.41, 5.74) is 8.62. The zero-order valence-corrected chi connectivity index (χ0v) is 13.8. The van der Waals surface area contributed by atoms with Crippen LogP contribution in [0.1, 0.15) is 10.6 Å². The van der Waals surface area contributed by atoms with E-state index in [0.29, 0.717) is 10.2 Å². The molecule has 0 radical (unpaired) electrons. The van der Waals surface area contributed by atoms with E-state index in [1.165, 1.54) is 11.3 Å². The Morgan fingerprint density at radius 2 is 1.95 bits per heavy atom. The minimum Gasteiger partial charge on any atom is -0.375 e. The average molecular weight is 351 g/mol. The summed E-state index contributed by atoms with van der Waals surface area (Å²) in [4.78, 5) is 13.6. The Kier molecular flexibility index (Phi) is 4.57. The number of nitrogen functional groups attached to an aromatic ring is 1. The molecule has 2 heterocycles. The highest BCUT2D eigenvalue weighted by atomic mass is 35.5. The van der Waals surface area contributed by atoms with Crippen molar-refractivity contribution in [2.75, 3.05) is 5.73 Å². The molecule has 0 aliphatic carbocycles. The molecule has 22 heavy (non-hydrogen) atoms. The summed E-state index contributed by atoms with van der Waals surface area (Å²) in [7, 11) is 0. The molecule has 1 aromatic carbocycles. The summed E-state index contributed by atoms with van der Waals surface area (Å²) in [6, 6.07) is 9.46. The van der Waals surface area contributed by atoms with Crippen molar-refractivity contribution < 1.29 is 0 Å². The molecule has 0 spiro atoms. The SMILES string of the molecule is Nc1nc(-c2cccc(Cl)c2)c(CCc2ccnc(Cl)n2)s1. The molecule has 2 aromatic heterocycles. The van der Waals surface area contributed by atoms with E-state index in [-0.39, 0.29) is 5.28 Å². The Morgan fingerprint density at radius 3 is 2.73 bits per heavy atom. The molecule has 2 N–H and O–H groups in total. The van der Waals surface area contributed by atoms with Crippen LogP contribution in [0.2, 0.25) is 10.3 Å². The number of nitrogens with two attached hydrogens (primary N) is 1. The quantitative estimate of drug-likeness (QED) is 0.713. The zero-order chi connectivity index (χ0) is 15.5. The molecule has 3 aromatic rings. The van der Waals surface area contributed by atoms with Crippen LogP contribution >= 0.6 is 34.5 Å². The van der Waals surface area contributed by atoms with Gasteiger partial charge in [-0.25, -0.2) is 15.0 Å². The van der Waals surface area contributed by atoms with Gasteiger partial charge < -0.3 is 5.73 Å². The summed E-state index contributed by atoms with van der Waals surface area (Å²) in [6.45, 7) is 0. The number of aryl methyl sites for hydroxylation is 2. The number of anilines is 1. The number of thiazole rings is 1. The monoisotopic (exact) mass is 350 g/mol. The van der Waals surface area contributed by atoms with Gasteiger partial charge >= 0.3 is 0 Å². The molecular weight excluding hydrogens is 339 g/mol. The number of hydrogen-bond acceptors (Lipinski definition) is 5. The lowest BCUT2D eigenvalue weighted by Gasteiger charge is -2.03. The van der Waals surface area contributed by atoms with Gasteiger partial charge in [-0.05, 0) is 42.6 Å². The maximum absolute atomic E-state index is 6.06. The molecule has 0 atom stereocenters. The summed E-state index contributed by atoms with van der Waals surface area (Å²) < 4.78 is 0. The second kappa shape index (κ2) is 6.60. The van der Waals surface area contributed by atoms with Crippen molar-refractivity contribution in [2.45, 2.75) is 12.8 Å². The van der Waals surface area contributed by atoms with Crippen LogP contribution in [0.25, 0.3) is 11.3 Å². The Balaban J connectivity index is 1.85. The molecule has 0 fully saturated rings. The third kappa shape index (κ3) is 3.55. The molecule has 0 saturated heterocycles. The van der Waals surface area contributed by atoms with Crippen LogP contribution in [0.5, 0.6) is 0 Å². The lowest BCUT2D eigenvalue weighted by atomic mass is 10.1. The predicted octanol–water partition coefficient (Wildman–Crippen LogP) is 4.27. The minimum absolute atomic E-state index is 0.261. The molecule has 0 aliphatic heterocycles. The Morgan fingerprint density at radius 1 is 1.09 bits per heavy atom. The fraction of sp³-hybridized carbons (Fsp3) is 0.133. The second-order valence-corrected chi connectivity index (χ2v) is 6.54. The van der Waals surface area contributed by atoms with Gasteiger partial charge in [0.05, 0.1) is 5.69 Å². The molecule has 0 unspecified atom stereocenters. The number of benzene rings is 1. The van der Waals surface area contributed by atoms with Gasteiger partial charge in [-0.3, -0.25) is 0 Å². The highest BCUT2D eigenvalue weighted by Gasteiger charge is 2.12. The van der Waals surface area contributed by atoms with Crippen molar-refractivity contribution in [1.29, 1.82) is 0 Å². The van der Waals surface area contributed by atoms with Crippen LogP contribution in [0.15, 0.2) is 36.5 Å². The van der Waals surface area contributed by atoms with Crippen molar-refractivity contribution in [2.24, 2.45) is 0 Å². The van der Waals surface area contributed by atoms with Crippen LogP contribution in [0.4, 0.5) is 5.13 Å². The van der Waals surface area contributed by atoms with E-state index >= 15 is 0 Å². The summed E-state index contributed by atoms with van der Waals surface area (Å²) in [6.07, 6.45) is 3.19. The Hall–Kier alpha value is -1.69. The van der Waals surface area contributed by atoms with Crippen molar-refractivity contribution in [3.05, 3.63) is 57.4 Å². The molecule has 0 bridgehead atoms. The first-order valence-corrected chi connectivity index (χ1v) is 8.17. The molecule has 0 amide bonds. The largest absolute Gasteiger partial charge is 0.375 e. The molecule has 112 valence electrons. The van der Waals surface area contributed by atoms with Gasteiger partial charge in [-0.15, -0.1) is 11.3 Å². The normalized spacial score (nSPS) is 10.8.